The molecule has 0 unspecified atom stereocenters. The normalized spacial score (nSPS) is 14.7. The van der Waals surface area contributed by atoms with E-state index in [2.05, 4.69) is 37.2 Å². The number of hydrogen-bond acceptors (Lipinski definition) is 3. The Morgan fingerprint density at radius 3 is 2.48 bits per heavy atom. The molecule has 0 aromatic heterocycles. The van der Waals surface area contributed by atoms with Crippen LogP contribution >= 0.6 is 43.5 Å². The SMILES string of the molecule is O=C1N/C(=C/c2cc(Cl)c(OCc3ccc(Br)cc3)c(Br)c2)C(=O)N1Cc1ccccc1F. The van der Waals surface area contributed by atoms with Crippen LogP contribution in [0.25, 0.3) is 6.08 Å². The second-order valence-corrected chi connectivity index (χ2v) is 9.38. The first-order valence-electron chi connectivity index (χ1n) is 9.76. The molecule has 1 fully saturated rings. The van der Waals surface area contributed by atoms with Gasteiger partial charge in [0.15, 0.2) is 5.75 Å². The number of ether oxygens (including phenoxy) is 1. The minimum Gasteiger partial charge on any atom is -0.486 e. The summed E-state index contributed by atoms with van der Waals surface area (Å²) in [5, 5.41) is 2.87. The summed E-state index contributed by atoms with van der Waals surface area (Å²) in [5.74, 6) is -0.569. The van der Waals surface area contributed by atoms with Gasteiger partial charge in [-0.15, -0.1) is 0 Å². The average Bonchev–Trinajstić information content (AvgIpc) is 3.03. The maximum Gasteiger partial charge on any atom is 0.329 e. The summed E-state index contributed by atoms with van der Waals surface area (Å²) in [6, 6.07) is 16.5. The summed E-state index contributed by atoms with van der Waals surface area (Å²) in [6.07, 6.45) is 1.51. The fraction of sp³-hybridized carbons (Fsp3) is 0.0833. The summed E-state index contributed by atoms with van der Waals surface area (Å²) in [6.45, 7) is 0.160. The Kier molecular flexibility index (Phi) is 7.17. The number of imide groups is 1. The second-order valence-electron chi connectivity index (χ2n) is 7.20. The number of benzene rings is 3. The van der Waals surface area contributed by atoms with Crippen LogP contribution in [-0.2, 0) is 17.9 Å². The zero-order chi connectivity index (χ0) is 23.5. The summed E-state index contributed by atoms with van der Waals surface area (Å²) in [5.41, 5.74) is 1.88. The first-order chi connectivity index (χ1) is 15.8. The Balaban J connectivity index is 1.50. The number of nitrogens with zero attached hydrogens (tertiary/aromatic N) is 1. The molecule has 1 saturated heterocycles. The molecular formula is C24H16Br2ClFN2O3. The van der Waals surface area contributed by atoms with E-state index in [9.17, 15) is 14.0 Å². The molecule has 3 aromatic rings. The van der Waals surface area contributed by atoms with Gasteiger partial charge in [-0.3, -0.25) is 9.69 Å². The summed E-state index contributed by atoms with van der Waals surface area (Å²) in [7, 11) is 0. The number of carbonyl (C=O) groups is 2. The Morgan fingerprint density at radius 1 is 1.06 bits per heavy atom. The maximum absolute atomic E-state index is 13.9. The van der Waals surface area contributed by atoms with Crippen molar-refractivity contribution in [1.82, 2.24) is 10.2 Å². The molecular weight excluding hydrogens is 579 g/mol. The van der Waals surface area contributed by atoms with Crippen LogP contribution in [-0.4, -0.2) is 16.8 Å². The zero-order valence-corrected chi connectivity index (χ0v) is 20.9. The number of amides is 3. The van der Waals surface area contributed by atoms with Crippen molar-refractivity contribution in [3.8, 4) is 5.75 Å². The summed E-state index contributed by atoms with van der Waals surface area (Å²) >= 11 is 13.3. The van der Waals surface area contributed by atoms with Crippen LogP contribution < -0.4 is 10.1 Å². The summed E-state index contributed by atoms with van der Waals surface area (Å²) in [4.78, 5) is 26.0. The van der Waals surface area contributed by atoms with E-state index in [1.807, 2.05) is 24.3 Å². The third kappa shape index (κ3) is 5.46. The van der Waals surface area contributed by atoms with Crippen molar-refractivity contribution in [3.05, 3.63) is 103 Å². The van der Waals surface area contributed by atoms with Crippen molar-refractivity contribution in [2.45, 2.75) is 13.2 Å². The lowest BCUT2D eigenvalue weighted by Crippen LogP contribution is -2.30. The van der Waals surface area contributed by atoms with E-state index in [0.29, 0.717) is 27.4 Å². The molecule has 168 valence electrons. The lowest BCUT2D eigenvalue weighted by molar-refractivity contribution is -0.123. The van der Waals surface area contributed by atoms with Gasteiger partial charge in [0.2, 0.25) is 0 Å². The highest BCUT2D eigenvalue weighted by molar-refractivity contribution is 9.10. The van der Waals surface area contributed by atoms with Crippen LogP contribution in [0.5, 0.6) is 5.75 Å². The topological polar surface area (TPSA) is 58.6 Å². The number of nitrogens with one attached hydrogen (secondary N) is 1. The third-order valence-corrected chi connectivity index (χ3v) is 6.28. The zero-order valence-electron chi connectivity index (χ0n) is 16.9. The van der Waals surface area contributed by atoms with Gasteiger partial charge < -0.3 is 10.1 Å². The fourth-order valence-electron chi connectivity index (χ4n) is 3.22. The molecule has 0 bridgehead atoms. The van der Waals surface area contributed by atoms with Gasteiger partial charge in [0.25, 0.3) is 5.91 Å². The number of carbonyl (C=O) groups excluding carboxylic acids is 2. The van der Waals surface area contributed by atoms with Crippen molar-refractivity contribution < 1.29 is 18.7 Å². The van der Waals surface area contributed by atoms with Crippen molar-refractivity contribution in [1.29, 1.82) is 0 Å². The van der Waals surface area contributed by atoms with Crippen molar-refractivity contribution in [2.75, 3.05) is 0 Å². The van der Waals surface area contributed by atoms with Crippen molar-refractivity contribution >= 4 is 61.5 Å². The molecule has 0 atom stereocenters. The van der Waals surface area contributed by atoms with Crippen LogP contribution in [0.15, 0.2) is 75.3 Å². The molecule has 5 nitrogen and oxygen atoms in total. The fourth-order valence-corrected chi connectivity index (χ4v) is 4.47. The number of urea groups is 1. The molecule has 9 heteroatoms. The van der Waals surface area contributed by atoms with Crippen LogP contribution in [0.3, 0.4) is 0 Å². The van der Waals surface area contributed by atoms with Gasteiger partial charge in [-0.2, -0.15) is 0 Å². The van der Waals surface area contributed by atoms with Gasteiger partial charge in [-0.25, -0.2) is 9.18 Å². The number of rotatable bonds is 6. The standard InChI is InChI=1S/C24H16Br2ClFN2O3/c25-17-7-5-14(6-8-17)13-33-22-18(26)9-15(10-19(22)27)11-21-23(31)30(24(32)29-21)12-16-3-1-2-4-20(16)28/h1-11H,12-13H2,(H,29,32)/b21-11+. The van der Waals surface area contributed by atoms with Gasteiger partial charge >= 0.3 is 6.03 Å². The largest absolute Gasteiger partial charge is 0.486 e. The minimum absolute atomic E-state index is 0.0721. The molecule has 33 heavy (non-hydrogen) atoms. The van der Waals surface area contributed by atoms with E-state index < -0.39 is 17.8 Å². The van der Waals surface area contributed by atoms with E-state index in [-0.39, 0.29) is 17.8 Å². The van der Waals surface area contributed by atoms with E-state index in [4.69, 9.17) is 16.3 Å². The molecule has 4 rings (SSSR count). The quantitative estimate of drug-likeness (QED) is 0.256. The molecule has 1 aliphatic heterocycles. The molecule has 3 aromatic carbocycles. The lowest BCUT2D eigenvalue weighted by Gasteiger charge is -2.12. The predicted octanol–water partition coefficient (Wildman–Crippen LogP) is 6.68. The van der Waals surface area contributed by atoms with Gasteiger partial charge in [-0.1, -0.05) is 57.9 Å². The third-order valence-electron chi connectivity index (χ3n) is 4.88. The smallest absolute Gasteiger partial charge is 0.329 e. The Morgan fingerprint density at radius 2 is 1.79 bits per heavy atom. The van der Waals surface area contributed by atoms with Crippen molar-refractivity contribution in [3.63, 3.8) is 0 Å². The molecule has 0 saturated carbocycles. The van der Waals surface area contributed by atoms with Crippen molar-refractivity contribution in [2.24, 2.45) is 0 Å². The predicted molar refractivity (Wildman–Crippen MR) is 131 cm³/mol. The molecule has 1 aliphatic rings. The molecule has 1 heterocycles. The molecule has 3 amide bonds. The van der Waals surface area contributed by atoms with Crippen LogP contribution in [0.1, 0.15) is 16.7 Å². The lowest BCUT2D eigenvalue weighted by atomic mass is 10.1. The maximum atomic E-state index is 13.9. The Hall–Kier alpha value is -2.68. The molecule has 0 aliphatic carbocycles. The monoisotopic (exact) mass is 592 g/mol. The first-order valence-corrected chi connectivity index (χ1v) is 11.7. The second kappa shape index (κ2) is 10.1. The van der Waals surface area contributed by atoms with E-state index in [1.54, 1.807) is 24.3 Å². The van der Waals surface area contributed by atoms with Gasteiger partial charge in [-0.05, 0) is 63.5 Å². The highest BCUT2D eigenvalue weighted by atomic mass is 79.9. The van der Waals surface area contributed by atoms with E-state index >= 15 is 0 Å². The van der Waals surface area contributed by atoms with Crippen LogP contribution in [0.4, 0.5) is 9.18 Å². The van der Waals surface area contributed by atoms with Gasteiger partial charge in [0.05, 0.1) is 16.0 Å². The van der Waals surface area contributed by atoms with E-state index in [0.717, 1.165) is 14.9 Å². The average molecular weight is 595 g/mol. The molecule has 1 N–H and O–H groups in total. The van der Waals surface area contributed by atoms with Gasteiger partial charge in [0.1, 0.15) is 18.1 Å². The highest BCUT2D eigenvalue weighted by Crippen LogP contribution is 2.36. The summed E-state index contributed by atoms with van der Waals surface area (Å²) < 4.78 is 21.4. The molecule has 0 radical (unpaired) electrons. The van der Waals surface area contributed by atoms with Crippen LogP contribution in [0.2, 0.25) is 5.02 Å². The Labute approximate surface area is 211 Å². The first kappa shape index (κ1) is 23.5. The number of hydrogen-bond donors (Lipinski definition) is 1. The number of halogens is 4. The highest BCUT2D eigenvalue weighted by Gasteiger charge is 2.34. The Bertz CT molecular complexity index is 1240. The van der Waals surface area contributed by atoms with Gasteiger partial charge in [0, 0.05) is 10.0 Å². The molecule has 0 spiro atoms. The minimum atomic E-state index is -0.617. The van der Waals surface area contributed by atoms with E-state index in [1.165, 1.54) is 18.2 Å². The van der Waals surface area contributed by atoms with Crippen LogP contribution in [0, 0.1) is 5.82 Å².